The summed E-state index contributed by atoms with van der Waals surface area (Å²) in [6.07, 6.45) is 3.58. The van der Waals surface area contributed by atoms with Crippen molar-refractivity contribution in [3.63, 3.8) is 0 Å². The number of carbonyl (C=O) groups excluding carboxylic acids is 1. The fourth-order valence-corrected chi connectivity index (χ4v) is 2.82. The lowest BCUT2D eigenvalue weighted by molar-refractivity contribution is 0.101. The monoisotopic (exact) mass is 281 g/mol. The Hall–Kier alpha value is -2.29. The van der Waals surface area contributed by atoms with Gasteiger partial charge in [0.2, 0.25) is 0 Å². The van der Waals surface area contributed by atoms with Gasteiger partial charge in [-0.15, -0.1) is 0 Å². The first-order valence-electron chi connectivity index (χ1n) is 7.27. The van der Waals surface area contributed by atoms with Gasteiger partial charge in [0.15, 0.2) is 5.78 Å². The first-order valence-corrected chi connectivity index (χ1v) is 7.27. The van der Waals surface area contributed by atoms with Gasteiger partial charge in [-0.1, -0.05) is 18.2 Å². The Kier molecular flexibility index (Phi) is 3.65. The van der Waals surface area contributed by atoms with E-state index >= 15 is 0 Å². The molecule has 0 bridgehead atoms. The van der Waals surface area contributed by atoms with Crippen LogP contribution < -0.4 is 10.5 Å². The fourth-order valence-electron chi connectivity index (χ4n) is 2.82. The zero-order valence-corrected chi connectivity index (χ0v) is 12.2. The normalized spacial score (nSPS) is 13.0. The largest absolute Gasteiger partial charge is 0.488 e. The van der Waals surface area contributed by atoms with E-state index in [0.29, 0.717) is 23.6 Å². The van der Waals surface area contributed by atoms with E-state index in [1.54, 1.807) is 18.2 Å². The molecule has 0 spiro atoms. The smallest absolute Gasteiger partial charge is 0.163 e. The summed E-state index contributed by atoms with van der Waals surface area (Å²) in [7, 11) is 0. The van der Waals surface area contributed by atoms with Gasteiger partial charge in [0.05, 0.1) is 5.56 Å². The molecule has 1 aliphatic carbocycles. The van der Waals surface area contributed by atoms with Crippen LogP contribution in [0.25, 0.3) is 0 Å². The van der Waals surface area contributed by atoms with Crippen LogP contribution in [0.5, 0.6) is 5.75 Å². The lowest BCUT2D eigenvalue weighted by Crippen LogP contribution is -2.03. The SMILES string of the molecule is CC(=O)c1cc(N)ccc1OCc1ccc2c(c1)CCC2. The zero-order chi connectivity index (χ0) is 14.8. The molecule has 0 aliphatic heterocycles. The van der Waals surface area contributed by atoms with Crippen LogP contribution in [-0.4, -0.2) is 5.78 Å². The maximum atomic E-state index is 11.6. The minimum absolute atomic E-state index is 0.0359. The van der Waals surface area contributed by atoms with Crippen molar-refractivity contribution in [2.75, 3.05) is 5.73 Å². The molecule has 2 aromatic carbocycles. The second-order valence-electron chi connectivity index (χ2n) is 5.56. The van der Waals surface area contributed by atoms with Crippen LogP contribution in [0.1, 0.15) is 40.4 Å². The first-order chi connectivity index (χ1) is 10.1. The molecule has 3 nitrogen and oxygen atoms in total. The molecule has 0 atom stereocenters. The van der Waals surface area contributed by atoms with Crippen molar-refractivity contribution in [3.05, 3.63) is 58.7 Å². The average molecular weight is 281 g/mol. The van der Waals surface area contributed by atoms with E-state index in [0.717, 1.165) is 12.0 Å². The van der Waals surface area contributed by atoms with Gasteiger partial charge in [-0.25, -0.2) is 0 Å². The van der Waals surface area contributed by atoms with E-state index in [-0.39, 0.29) is 5.78 Å². The number of hydrogen-bond acceptors (Lipinski definition) is 3. The van der Waals surface area contributed by atoms with Gasteiger partial charge >= 0.3 is 0 Å². The Balaban J connectivity index is 1.77. The summed E-state index contributed by atoms with van der Waals surface area (Å²) in [5.41, 5.74) is 10.9. The van der Waals surface area contributed by atoms with Crippen LogP contribution >= 0.6 is 0 Å². The number of aryl methyl sites for hydroxylation is 2. The second kappa shape index (κ2) is 5.60. The predicted molar refractivity (Wildman–Crippen MR) is 83.7 cm³/mol. The molecule has 0 fully saturated rings. The number of hydrogen-bond donors (Lipinski definition) is 1. The van der Waals surface area contributed by atoms with Gasteiger partial charge in [-0.2, -0.15) is 0 Å². The fraction of sp³-hybridized carbons (Fsp3) is 0.278. The van der Waals surface area contributed by atoms with E-state index in [1.807, 2.05) is 0 Å². The van der Waals surface area contributed by atoms with Crippen LogP contribution in [0, 0.1) is 0 Å². The molecule has 0 amide bonds. The van der Waals surface area contributed by atoms with Gasteiger partial charge < -0.3 is 10.5 Å². The Labute approximate surface area is 124 Å². The maximum absolute atomic E-state index is 11.6. The van der Waals surface area contributed by atoms with Gasteiger partial charge in [0.1, 0.15) is 12.4 Å². The van der Waals surface area contributed by atoms with E-state index in [1.165, 1.54) is 30.9 Å². The van der Waals surface area contributed by atoms with Crippen LogP contribution in [0.15, 0.2) is 36.4 Å². The summed E-state index contributed by atoms with van der Waals surface area (Å²) < 4.78 is 5.82. The number of carbonyl (C=O) groups is 1. The number of nitrogens with two attached hydrogens (primary N) is 1. The van der Waals surface area contributed by atoms with E-state index in [2.05, 4.69) is 18.2 Å². The summed E-state index contributed by atoms with van der Waals surface area (Å²) >= 11 is 0. The molecular formula is C18H19NO2. The Morgan fingerprint density at radius 1 is 1.14 bits per heavy atom. The molecule has 1 aliphatic rings. The van der Waals surface area contributed by atoms with E-state index in [9.17, 15) is 4.79 Å². The molecule has 0 saturated carbocycles. The summed E-state index contributed by atoms with van der Waals surface area (Å²) in [5, 5.41) is 0. The molecule has 0 aromatic heterocycles. The molecule has 2 N–H and O–H groups in total. The summed E-state index contributed by atoms with van der Waals surface area (Å²) in [6.45, 7) is 1.99. The quantitative estimate of drug-likeness (QED) is 0.689. The highest BCUT2D eigenvalue weighted by atomic mass is 16.5. The molecule has 108 valence electrons. The number of fused-ring (bicyclic) bond motifs is 1. The minimum atomic E-state index is -0.0359. The van der Waals surface area contributed by atoms with Crippen LogP contribution in [0.4, 0.5) is 5.69 Å². The van der Waals surface area contributed by atoms with Crippen LogP contribution in [-0.2, 0) is 19.4 Å². The molecule has 0 radical (unpaired) electrons. The molecule has 21 heavy (non-hydrogen) atoms. The molecule has 0 unspecified atom stereocenters. The zero-order valence-electron chi connectivity index (χ0n) is 12.2. The number of benzene rings is 2. The highest BCUT2D eigenvalue weighted by molar-refractivity contribution is 5.97. The van der Waals surface area contributed by atoms with Gasteiger partial charge in [0.25, 0.3) is 0 Å². The highest BCUT2D eigenvalue weighted by Crippen LogP contribution is 2.25. The third-order valence-corrected chi connectivity index (χ3v) is 3.94. The van der Waals surface area contributed by atoms with Crippen molar-refractivity contribution in [1.29, 1.82) is 0 Å². The molecule has 0 saturated heterocycles. The van der Waals surface area contributed by atoms with Crippen molar-refractivity contribution in [2.24, 2.45) is 0 Å². The molecule has 2 aromatic rings. The lowest BCUT2D eigenvalue weighted by atomic mass is 10.1. The first kappa shape index (κ1) is 13.7. The summed E-state index contributed by atoms with van der Waals surface area (Å²) in [4.78, 5) is 11.6. The van der Waals surface area contributed by atoms with Crippen molar-refractivity contribution in [3.8, 4) is 5.75 Å². The molecule has 3 heteroatoms. The number of anilines is 1. The second-order valence-corrected chi connectivity index (χ2v) is 5.56. The van der Waals surface area contributed by atoms with Crippen molar-refractivity contribution >= 4 is 11.5 Å². The topological polar surface area (TPSA) is 52.3 Å². The van der Waals surface area contributed by atoms with Gasteiger partial charge in [-0.3, -0.25) is 4.79 Å². The Morgan fingerprint density at radius 3 is 2.76 bits per heavy atom. The van der Waals surface area contributed by atoms with Crippen molar-refractivity contribution < 1.29 is 9.53 Å². The lowest BCUT2D eigenvalue weighted by Gasteiger charge is -2.11. The third kappa shape index (κ3) is 2.92. The Bertz CT molecular complexity index is 692. The number of ether oxygens (including phenoxy) is 1. The number of ketones is 1. The van der Waals surface area contributed by atoms with Crippen LogP contribution in [0.3, 0.4) is 0 Å². The molecular weight excluding hydrogens is 262 g/mol. The molecule has 0 heterocycles. The van der Waals surface area contributed by atoms with Crippen molar-refractivity contribution in [1.82, 2.24) is 0 Å². The maximum Gasteiger partial charge on any atom is 0.163 e. The third-order valence-electron chi connectivity index (χ3n) is 3.94. The standard InChI is InChI=1S/C18H19NO2/c1-12(20)17-10-16(19)7-8-18(17)21-11-13-5-6-14-3-2-4-15(14)9-13/h5-10H,2-4,11,19H2,1H3. The van der Waals surface area contributed by atoms with Gasteiger partial charge in [-0.05, 0) is 61.1 Å². The minimum Gasteiger partial charge on any atom is -0.488 e. The number of nitrogen functional groups attached to an aromatic ring is 1. The number of rotatable bonds is 4. The Morgan fingerprint density at radius 2 is 1.95 bits per heavy atom. The summed E-state index contributed by atoms with van der Waals surface area (Å²) in [5.74, 6) is 0.559. The van der Waals surface area contributed by atoms with Crippen LogP contribution in [0.2, 0.25) is 0 Å². The molecule has 3 rings (SSSR count). The van der Waals surface area contributed by atoms with E-state index in [4.69, 9.17) is 10.5 Å². The van der Waals surface area contributed by atoms with E-state index < -0.39 is 0 Å². The van der Waals surface area contributed by atoms with Gasteiger partial charge in [0, 0.05) is 5.69 Å². The predicted octanol–water partition coefficient (Wildman–Crippen LogP) is 3.54. The number of Topliss-reactive ketones (excluding diaryl/α,β-unsaturated/α-hetero) is 1. The highest BCUT2D eigenvalue weighted by Gasteiger charge is 2.12. The van der Waals surface area contributed by atoms with Crippen molar-refractivity contribution in [2.45, 2.75) is 32.8 Å². The average Bonchev–Trinajstić information content (AvgIpc) is 2.93. The summed E-state index contributed by atoms with van der Waals surface area (Å²) in [6, 6.07) is 11.7.